The van der Waals surface area contributed by atoms with Gasteiger partial charge in [-0.25, -0.2) is 13.1 Å². The molecule has 0 aliphatic heterocycles. The summed E-state index contributed by atoms with van der Waals surface area (Å²) in [7, 11) is -3.55. The van der Waals surface area contributed by atoms with Crippen molar-refractivity contribution in [2.45, 2.75) is 29.9 Å². The van der Waals surface area contributed by atoms with Gasteiger partial charge in [0.25, 0.3) is 0 Å². The number of hydrogen-bond donors (Lipinski definition) is 3. The molecule has 1 heterocycles. The van der Waals surface area contributed by atoms with Crippen LogP contribution < -0.4 is 15.8 Å². The number of aryl methyl sites for hydroxylation is 1. The molecule has 1 aromatic carbocycles. The Morgan fingerprint density at radius 3 is 2.81 bits per heavy atom. The highest BCUT2D eigenvalue weighted by Gasteiger charge is 2.16. The number of nitrogens with two attached hydrogens (primary N) is 1. The summed E-state index contributed by atoms with van der Waals surface area (Å²) in [5, 5.41) is 3.14. The first-order chi connectivity index (χ1) is 12.5. The molecule has 2 aromatic rings. The van der Waals surface area contributed by atoms with E-state index in [1.165, 1.54) is 30.0 Å². The zero-order valence-electron chi connectivity index (χ0n) is 14.2. The number of nitrogens with one attached hydrogen (secondary N) is 2. The Bertz CT molecular complexity index is 909. The third-order valence-corrected chi connectivity index (χ3v) is 7.34. The summed E-state index contributed by atoms with van der Waals surface area (Å²) in [4.78, 5) is 4.20. The Kier molecular flexibility index (Phi) is 6.18. The van der Waals surface area contributed by atoms with Gasteiger partial charge >= 0.3 is 0 Å². The molecule has 0 radical (unpaired) electrons. The van der Waals surface area contributed by atoms with Crippen LogP contribution in [0.25, 0.3) is 0 Å². The molecule has 26 heavy (non-hydrogen) atoms. The highest BCUT2D eigenvalue weighted by molar-refractivity contribution is 7.91. The molecule has 1 aliphatic carbocycles. The van der Waals surface area contributed by atoms with Gasteiger partial charge in [-0.2, -0.15) is 0 Å². The molecule has 0 unspecified atom stereocenters. The Hall–Kier alpha value is -1.61. The molecule has 0 fully saturated rings. The highest BCUT2D eigenvalue weighted by atomic mass is 35.5. The molecular formula is C17H21ClN4O2S2. The first-order valence-electron chi connectivity index (χ1n) is 8.38. The minimum Gasteiger partial charge on any atom is -0.370 e. The molecule has 0 atom stereocenters. The van der Waals surface area contributed by atoms with E-state index < -0.39 is 10.0 Å². The summed E-state index contributed by atoms with van der Waals surface area (Å²) in [5.74, 6) is 0.280. The molecule has 0 spiro atoms. The Morgan fingerprint density at radius 2 is 2.04 bits per heavy atom. The molecule has 0 bridgehead atoms. The molecule has 4 N–H and O–H groups in total. The fourth-order valence-corrected chi connectivity index (χ4v) is 5.49. The van der Waals surface area contributed by atoms with Gasteiger partial charge in [0.2, 0.25) is 10.0 Å². The van der Waals surface area contributed by atoms with E-state index in [0.29, 0.717) is 4.34 Å². The number of sulfonamides is 1. The predicted octanol–water partition coefficient (Wildman–Crippen LogP) is 2.99. The van der Waals surface area contributed by atoms with Crippen molar-refractivity contribution in [3.8, 4) is 0 Å². The summed E-state index contributed by atoms with van der Waals surface area (Å²) in [6.07, 6.45) is 4.53. The average Bonchev–Trinajstić information content (AvgIpc) is 3.07. The van der Waals surface area contributed by atoms with E-state index in [2.05, 4.69) is 21.1 Å². The van der Waals surface area contributed by atoms with E-state index in [1.54, 1.807) is 6.07 Å². The second kappa shape index (κ2) is 8.39. The third-order valence-electron chi connectivity index (χ3n) is 4.16. The fraction of sp³-hybridized carbons (Fsp3) is 0.353. The van der Waals surface area contributed by atoms with Gasteiger partial charge in [-0.1, -0.05) is 23.7 Å². The maximum Gasteiger partial charge on any atom is 0.250 e. The van der Waals surface area contributed by atoms with Gasteiger partial charge in [-0.15, -0.1) is 11.3 Å². The quantitative estimate of drug-likeness (QED) is 0.386. The second-order valence-electron chi connectivity index (χ2n) is 6.00. The first kappa shape index (κ1) is 19.2. The van der Waals surface area contributed by atoms with Crippen molar-refractivity contribution >= 4 is 44.6 Å². The van der Waals surface area contributed by atoms with Crippen LogP contribution in [-0.2, 0) is 22.9 Å². The zero-order valence-corrected chi connectivity index (χ0v) is 16.6. The van der Waals surface area contributed by atoms with Crippen molar-refractivity contribution < 1.29 is 8.42 Å². The summed E-state index contributed by atoms with van der Waals surface area (Å²) in [6.45, 7) is 0.402. The zero-order chi connectivity index (χ0) is 18.6. The van der Waals surface area contributed by atoms with E-state index in [1.807, 2.05) is 12.1 Å². The van der Waals surface area contributed by atoms with E-state index in [-0.39, 0.29) is 23.3 Å². The summed E-state index contributed by atoms with van der Waals surface area (Å²) in [6, 6.07) is 9.20. The Balaban J connectivity index is 1.55. The lowest BCUT2D eigenvalue weighted by Crippen LogP contribution is -2.28. The summed E-state index contributed by atoms with van der Waals surface area (Å²) < 4.78 is 27.3. The molecule has 3 rings (SSSR count). The molecule has 140 valence electrons. The minimum absolute atomic E-state index is 0.160. The topological polar surface area (TPSA) is 96.6 Å². The number of anilines is 1. The Morgan fingerprint density at radius 1 is 1.23 bits per heavy atom. The van der Waals surface area contributed by atoms with Gasteiger partial charge in [0.05, 0.1) is 10.9 Å². The monoisotopic (exact) mass is 412 g/mol. The molecule has 0 saturated heterocycles. The van der Waals surface area contributed by atoms with Crippen molar-refractivity contribution in [2.24, 2.45) is 10.7 Å². The minimum atomic E-state index is -3.55. The lowest BCUT2D eigenvalue weighted by atomic mass is 9.90. The molecule has 6 nitrogen and oxygen atoms in total. The van der Waals surface area contributed by atoms with Crippen LogP contribution in [0, 0.1) is 0 Å². The van der Waals surface area contributed by atoms with Gasteiger partial charge in [0, 0.05) is 12.2 Å². The van der Waals surface area contributed by atoms with E-state index in [9.17, 15) is 8.42 Å². The molecule has 0 saturated carbocycles. The van der Waals surface area contributed by atoms with Crippen molar-refractivity contribution in [2.75, 3.05) is 18.4 Å². The van der Waals surface area contributed by atoms with E-state index in [4.69, 9.17) is 17.3 Å². The number of nitrogens with zero attached hydrogens (tertiary/aromatic N) is 1. The fourth-order valence-electron chi connectivity index (χ4n) is 2.95. The predicted molar refractivity (Wildman–Crippen MR) is 108 cm³/mol. The second-order valence-corrected chi connectivity index (χ2v) is 9.71. The van der Waals surface area contributed by atoms with Crippen molar-refractivity contribution in [3.63, 3.8) is 0 Å². The number of thiophene rings is 1. The molecular weight excluding hydrogens is 392 g/mol. The van der Waals surface area contributed by atoms with Crippen LogP contribution in [0.3, 0.4) is 0 Å². The number of fused-ring (bicyclic) bond motifs is 1. The van der Waals surface area contributed by atoms with Crippen LogP contribution in [-0.4, -0.2) is 27.5 Å². The SMILES string of the molecule is NC(=NCCNS(=O)(=O)c1ccc(Cl)s1)Nc1cccc2c1CCCC2. The standard InChI is InChI=1S/C17H21ClN4O2S2/c18-15-8-9-16(25-15)26(23,24)21-11-10-20-17(19)22-14-7-3-5-12-4-1-2-6-13(12)14/h3,5,7-9,21H,1-2,4,6,10-11H2,(H3,19,20,22). The maximum absolute atomic E-state index is 12.1. The van der Waals surface area contributed by atoms with Crippen molar-refractivity contribution in [1.82, 2.24) is 4.72 Å². The smallest absolute Gasteiger partial charge is 0.250 e. The van der Waals surface area contributed by atoms with Crippen molar-refractivity contribution in [3.05, 3.63) is 45.8 Å². The summed E-state index contributed by atoms with van der Waals surface area (Å²) >= 11 is 6.79. The molecule has 1 aliphatic rings. The normalized spacial score (nSPS) is 14.9. The number of hydrogen-bond acceptors (Lipinski definition) is 4. The van der Waals surface area contributed by atoms with Gasteiger partial charge < -0.3 is 11.1 Å². The average molecular weight is 413 g/mol. The number of benzene rings is 1. The van der Waals surface area contributed by atoms with Gasteiger partial charge in [0.15, 0.2) is 5.96 Å². The number of guanidine groups is 1. The lowest BCUT2D eigenvalue weighted by Gasteiger charge is -2.19. The highest BCUT2D eigenvalue weighted by Crippen LogP contribution is 2.27. The number of aliphatic imine (C=N–C) groups is 1. The van der Waals surface area contributed by atoms with E-state index in [0.717, 1.165) is 29.9 Å². The van der Waals surface area contributed by atoms with Crippen LogP contribution >= 0.6 is 22.9 Å². The van der Waals surface area contributed by atoms with Gasteiger partial charge in [-0.3, -0.25) is 4.99 Å². The van der Waals surface area contributed by atoms with Crippen LogP contribution in [0.1, 0.15) is 24.0 Å². The van der Waals surface area contributed by atoms with Gasteiger partial charge in [0.1, 0.15) is 4.21 Å². The maximum atomic E-state index is 12.1. The van der Waals surface area contributed by atoms with Crippen LogP contribution in [0.15, 0.2) is 39.5 Å². The molecule has 0 amide bonds. The first-order valence-corrected chi connectivity index (χ1v) is 11.1. The van der Waals surface area contributed by atoms with Crippen LogP contribution in [0.4, 0.5) is 5.69 Å². The van der Waals surface area contributed by atoms with Gasteiger partial charge in [-0.05, 0) is 55.0 Å². The molecule has 9 heteroatoms. The lowest BCUT2D eigenvalue weighted by molar-refractivity contribution is 0.584. The number of halogens is 1. The van der Waals surface area contributed by atoms with Crippen molar-refractivity contribution in [1.29, 1.82) is 0 Å². The number of rotatable bonds is 6. The largest absolute Gasteiger partial charge is 0.370 e. The third kappa shape index (κ3) is 4.76. The summed E-state index contributed by atoms with van der Waals surface area (Å²) in [5.41, 5.74) is 9.59. The Labute approximate surface area is 162 Å². The van der Waals surface area contributed by atoms with Crippen LogP contribution in [0.5, 0.6) is 0 Å². The van der Waals surface area contributed by atoms with E-state index >= 15 is 0 Å². The molecule has 1 aromatic heterocycles. The van der Waals surface area contributed by atoms with Crippen LogP contribution in [0.2, 0.25) is 4.34 Å².